The van der Waals surface area contributed by atoms with Gasteiger partial charge in [-0.3, -0.25) is 0 Å². The Morgan fingerprint density at radius 1 is 1.31 bits per heavy atom. The second kappa shape index (κ2) is 5.46. The van der Waals surface area contributed by atoms with Crippen LogP contribution in [0.4, 0.5) is 0 Å². The molecule has 2 N–H and O–H groups in total. The molecule has 2 heteroatoms. The molecule has 0 heterocycles. The summed E-state index contributed by atoms with van der Waals surface area (Å²) >= 11 is 0. The van der Waals surface area contributed by atoms with E-state index < -0.39 is 0 Å². The van der Waals surface area contributed by atoms with Crippen molar-refractivity contribution < 1.29 is 5.11 Å². The standard InChI is InChI=1S/C14H21NO/c1-11(16)9-10-15-14(13-7-8-13)12-5-3-2-4-6-12/h2-6,11,13-16H,7-10H2,1H3. The lowest BCUT2D eigenvalue weighted by atomic mass is 10.0. The lowest BCUT2D eigenvalue weighted by Gasteiger charge is -2.19. The predicted octanol–water partition coefficient (Wildman–Crippen LogP) is 2.50. The van der Waals surface area contributed by atoms with Crippen LogP contribution in [-0.4, -0.2) is 17.8 Å². The van der Waals surface area contributed by atoms with E-state index in [2.05, 4.69) is 35.6 Å². The monoisotopic (exact) mass is 219 g/mol. The maximum absolute atomic E-state index is 9.25. The molecule has 1 aromatic rings. The van der Waals surface area contributed by atoms with Gasteiger partial charge in [0, 0.05) is 6.04 Å². The van der Waals surface area contributed by atoms with Crippen molar-refractivity contribution in [2.24, 2.45) is 5.92 Å². The molecule has 2 nitrogen and oxygen atoms in total. The molecule has 2 atom stereocenters. The second-order valence-electron chi connectivity index (χ2n) is 4.82. The highest BCUT2D eigenvalue weighted by atomic mass is 16.3. The van der Waals surface area contributed by atoms with Crippen LogP contribution in [-0.2, 0) is 0 Å². The molecule has 0 amide bonds. The van der Waals surface area contributed by atoms with E-state index in [1.54, 1.807) is 0 Å². The Morgan fingerprint density at radius 3 is 2.56 bits per heavy atom. The van der Waals surface area contributed by atoms with Gasteiger partial charge in [-0.1, -0.05) is 30.3 Å². The zero-order chi connectivity index (χ0) is 11.4. The van der Waals surface area contributed by atoms with Gasteiger partial charge in [0.2, 0.25) is 0 Å². The van der Waals surface area contributed by atoms with Gasteiger partial charge in [-0.15, -0.1) is 0 Å². The first-order chi connectivity index (χ1) is 7.77. The van der Waals surface area contributed by atoms with Gasteiger partial charge in [0.1, 0.15) is 0 Å². The number of aliphatic hydroxyl groups excluding tert-OH is 1. The molecule has 16 heavy (non-hydrogen) atoms. The van der Waals surface area contributed by atoms with Gasteiger partial charge >= 0.3 is 0 Å². The molecule has 2 rings (SSSR count). The minimum atomic E-state index is -0.205. The van der Waals surface area contributed by atoms with E-state index in [1.165, 1.54) is 18.4 Å². The van der Waals surface area contributed by atoms with E-state index in [-0.39, 0.29) is 6.10 Å². The summed E-state index contributed by atoms with van der Waals surface area (Å²) in [5.74, 6) is 0.802. The summed E-state index contributed by atoms with van der Waals surface area (Å²) in [6.07, 6.45) is 3.29. The van der Waals surface area contributed by atoms with Crippen molar-refractivity contribution in [2.45, 2.75) is 38.3 Å². The van der Waals surface area contributed by atoms with E-state index in [0.717, 1.165) is 18.9 Å². The maximum Gasteiger partial charge on any atom is 0.0524 e. The molecule has 0 bridgehead atoms. The smallest absolute Gasteiger partial charge is 0.0524 e. The Bertz CT molecular complexity index is 306. The molecule has 2 unspecified atom stereocenters. The number of rotatable bonds is 6. The summed E-state index contributed by atoms with van der Waals surface area (Å²) < 4.78 is 0. The molecule has 0 aromatic heterocycles. The fraction of sp³-hybridized carbons (Fsp3) is 0.571. The molecular weight excluding hydrogens is 198 g/mol. The fourth-order valence-electron chi connectivity index (χ4n) is 2.09. The zero-order valence-electron chi connectivity index (χ0n) is 9.89. The minimum Gasteiger partial charge on any atom is -0.393 e. The maximum atomic E-state index is 9.25. The summed E-state index contributed by atoms with van der Waals surface area (Å²) in [6.45, 7) is 2.74. The van der Waals surface area contributed by atoms with E-state index in [9.17, 15) is 5.11 Å². The highest BCUT2D eigenvalue weighted by Crippen LogP contribution is 2.40. The van der Waals surface area contributed by atoms with Gasteiger partial charge in [-0.2, -0.15) is 0 Å². The molecular formula is C14H21NO. The van der Waals surface area contributed by atoms with Crippen LogP contribution in [0.5, 0.6) is 0 Å². The molecule has 88 valence electrons. The fourth-order valence-corrected chi connectivity index (χ4v) is 2.09. The normalized spacial score (nSPS) is 19.4. The lowest BCUT2D eigenvalue weighted by Crippen LogP contribution is -2.26. The first kappa shape index (κ1) is 11.6. The Kier molecular flexibility index (Phi) is 3.97. The minimum absolute atomic E-state index is 0.205. The van der Waals surface area contributed by atoms with Crippen LogP contribution in [0.25, 0.3) is 0 Å². The Labute approximate surface area is 97.7 Å². The number of hydrogen-bond acceptors (Lipinski definition) is 2. The van der Waals surface area contributed by atoms with Crippen LogP contribution >= 0.6 is 0 Å². The first-order valence-corrected chi connectivity index (χ1v) is 6.24. The van der Waals surface area contributed by atoms with Gasteiger partial charge in [-0.05, 0) is 44.2 Å². The van der Waals surface area contributed by atoms with Crippen LogP contribution in [0, 0.1) is 5.92 Å². The topological polar surface area (TPSA) is 32.3 Å². The van der Waals surface area contributed by atoms with Crippen molar-refractivity contribution in [3.8, 4) is 0 Å². The summed E-state index contributed by atoms with van der Waals surface area (Å²) in [5, 5.41) is 12.8. The number of aliphatic hydroxyl groups is 1. The summed E-state index contributed by atoms with van der Waals surface area (Å²) in [5.41, 5.74) is 1.38. The highest BCUT2D eigenvalue weighted by Gasteiger charge is 2.31. The largest absolute Gasteiger partial charge is 0.393 e. The van der Waals surface area contributed by atoms with E-state index in [4.69, 9.17) is 0 Å². The van der Waals surface area contributed by atoms with Gasteiger partial charge in [-0.25, -0.2) is 0 Å². The SMILES string of the molecule is CC(O)CCNC(c1ccccc1)C1CC1. The average Bonchev–Trinajstić information content (AvgIpc) is 3.09. The molecule has 0 spiro atoms. The van der Waals surface area contributed by atoms with Crippen LogP contribution in [0.1, 0.15) is 37.8 Å². The van der Waals surface area contributed by atoms with Crippen molar-refractivity contribution in [1.29, 1.82) is 0 Å². The van der Waals surface area contributed by atoms with Crippen LogP contribution < -0.4 is 5.32 Å². The lowest BCUT2D eigenvalue weighted by molar-refractivity contribution is 0.181. The number of hydrogen-bond donors (Lipinski definition) is 2. The van der Waals surface area contributed by atoms with Crippen LogP contribution in [0.2, 0.25) is 0 Å². The quantitative estimate of drug-likeness (QED) is 0.770. The first-order valence-electron chi connectivity index (χ1n) is 6.24. The van der Waals surface area contributed by atoms with Crippen LogP contribution in [0.15, 0.2) is 30.3 Å². The van der Waals surface area contributed by atoms with E-state index >= 15 is 0 Å². The summed E-state index contributed by atoms with van der Waals surface area (Å²) in [4.78, 5) is 0. The Hall–Kier alpha value is -0.860. The van der Waals surface area contributed by atoms with Crippen molar-refractivity contribution in [2.75, 3.05) is 6.54 Å². The molecule has 1 saturated carbocycles. The third-order valence-electron chi connectivity index (χ3n) is 3.18. The summed E-state index contributed by atoms with van der Waals surface area (Å²) in [6, 6.07) is 11.1. The molecule has 1 fully saturated rings. The van der Waals surface area contributed by atoms with Crippen molar-refractivity contribution in [3.63, 3.8) is 0 Å². The molecule has 1 aliphatic rings. The molecule has 0 radical (unpaired) electrons. The van der Waals surface area contributed by atoms with Crippen molar-refractivity contribution in [1.82, 2.24) is 5.32 Å². The molecule has 1 aliphatic carbocycles. The molecule has 1 aromatic carbocycles. The Balaban J connectivity index is 1.90. The summed E-state index contributed by atoms with van der Waals surface area (Å²) in [7, 11) is 0. The zero-order valence-corrected chi connectivity index (χ0v) is 9.89. The van der Waals surface area contributed by atoms with Gasteiger partial charge in [0.05, 0.1) is 6.10 Å². The predicted molar refractivity (Wildman–Crippen MR) is 66.2 cm³/mol. The van der Waals surface area contributed by atoms with Gasteiger partial charge in [0.25, 0.3) is 0 Å². The third kappa shape index (κ3) is 3.32. The molecule has 0 aliphatic heterocycles. The second-order valence-corrected chi connectivity index (χ2v) is 4.82. The number of benzene rings is 1. The third-order valence-corrected chi connectivity index (χ3v) is 3.18. The number of nitrogens with one attached hydrogen (secondary N) is 1. The van der Waals surface area contributed by atoms with Crippen molar-refractivity contribution >= 4 is 0 Å². The van der Waals surface area contributed by atoms with E-state index in [1.807, 2.05) is 6.92 Å². The van der Waals surface area contributed by atoms with Crippen molar-refractivity contribution in [3.05, 3.63) is 35.9 Å². The Morgan fingerprint density at radius 2 is 2.00 bits per heavy atom. The van der Waals surface area contributed by atoms with Gasteiger partial charge < -0.3 is 10.4 Å². The average molecular weight is 219 g/mol. The molecule has 0 saturated heterocycles. The van der Waals surface area contributed by atoms with E-state index in [0.29, 0.717) is 6.04 Å². The van der Waals surface area contributed by atoms with Crippen LogP contribution in [0.3, 0.4) is 0 Å². The highest BCUT2D eigenvalue weighted by molar-refractivity contribution is 5.21. The van der Waals surface area contributed by atoms with Gasteiger partial charge in [0.15, 0.2) is 0 Å².